The van der Waals surface area contributed by atoms with Gasteiger partial charge in [-0.3, -0.25) is 14.6 Å². The van der Waals surface area contributed by atoms with Crippen molar-refractivity contribution in [3.63, 3.8) is 0 Å². The van der Waals surface area contributed by atoms with Crippen LogP contribution in [0.1, 0.15) is 79.4 Å². The average Bonchev–Trinajstić information content (AvgIpc) is 3.63. The molecule has 212 valence electrons. The summed E-state index contributed by atoms with van der Waals surface area (Å²) in [5.41, 5.74) is 7.95. The summed E-state index contributed by atoms with van der Waals surface area (Å²) in [6, 6.07) is 15.3. The molecule has 3 unspecified atom stereocenters. The normalized spacial score (nSPS) is 28.5. The lowest BCUT2D eigenvalue weighted by atomic mass is 9.72. The number of carbonyl (C=O) groups excluding carboxylic acids is 1. The van der Waals surface area contributed by atoms with Crippen molar-refractivity contribution in [2.45, 2.75) is 83.6 Å². The van der Waals surface area contributed by atoms with Crippen LogP contribution in [-0.4, -0.2) is 71.5 Å². The third-order valence-electron chi connectivity index (χ3n) is 10.3. The molecule has 5 nitrogen and oxygen atoms in total. The molecule has 3 fully saturated rings. The standard InChI is InChI=1S/C34H43FN4O/c1-34(2)12-11-25(32(16-34)24-6-8-27(35)9-7-24)19-38-22-29-15-30(38)21-37(29)18-23-5-10-31-26(14-23)20-39(33(31)40)28-4-3-13-36-17-28/h5-10,14,28-30,36H,3-4,11-13,15-22H2,1-2H3. The van der Waals surface area contributed by atoms with Crippen molar-refractivity contribution in [3.8, 4) is 0 Å². The van der Waals surface area contributed by atoms with E-state index in [-0.39, 0.29) is 11.7 Å². The first-order valence-electron chi connectivity index (χ1n) is 15.4. The molecule has 1 amide bonds. The van der Waals surface area contributed by atoms with Gasteiger partial charge >= 0.3 is 0 Å². The zero-order valence-corrected chi connectivity index (χ0v) is 24.1. The third kappa shape index (κ3) is 5.03. The summed E-state index contributed by atoms with van der Waals surface area (Å²) < 4.78 is 13.7. The SMILES string of the molecule is CC1(C)CCC(CN2CC3CC2CN3Cc2ccc3c(c2)CN(C2CCCNC2)C3=O)=C(c2ccc(F)cc2)C1. The minimum absolute atomic E-state index is 0.160. The Kier molecular flexibility index (Phi) is 6.84. The lowest BCUT2D eigenvalue weighted by molar-refractivity contribution is 0.0674. The number of piperazine rings is 1. The lowest BCUT2D eigenvalue weighted by Crippen LogP contribution is -2.46. The van der Waals surface area contributed by atoms with Crippen LogP contribution in [0.25, 0.3) is 5.57 Å². The molecule has 1 aliphatic carbocycles. The van der Waals surface area contributed by atoms with Crippen molar-refractivity contribution >= 4 is 11.5 Å². The molecule has 2 bridgehead atoms. The van der Waals surface area contributed by atoms with Crippen molar-refractivity contribution in [2.75, 3.05) is 32.7 Å². The average molecular weight is 543 g/mol. The fourth-order valence-electron chi connectivity index (χ4n) is 8.05. The van der Waals surface area contributed by atoms with Crippen LogP contribution in [0, 0.1) is 11.2 Å². The van der Waals surface area contributed by atoms with Crippen LogP contribution in [0.3, 0.4) is 0 Å². The van der Waals surface area contributed by atoms with Crippen LogP contribution < -0.4 is 5.32 Å². The van der Waals surface area contributed by atoms with E-state index in [1.807, 2.05) is 12.1 Å². The molecule has 5 aliphatic rings. The molecule has 1 N–H and O–H groups in total. The Labute approximate surface area is 238 Å². The highest BCUT2D eigenvalue weighted by molar-refractivity contribution is 5.98. The highest BCUT2D eigenvalue weighted by Gasteiger charge is 2.44. The molecule has 2 aromatic rings. The minimum Gasteiger partial charge on any atom is -0.330 e. The van der Waals surface area contributed by atoms with Crippen LogP contribution >= 0.6 is 0 Å². The maximum absolute atomic E-state index is 13.7. The summed E-state index contributed by atoms with van der Waals surface area (Å²) in [6.07, 6.45) is 6.92. The Balaban J connectivity index is 1.01. The molecule has 7 rings (SSSR count). The number of nitrogens with one attached hydrogen (secondary N) is 1. The van der Waals surface area contributed by atoms with E-state index in [0.717, 1.165) is 77.1 Å². The number of hydrogen-bond donors (Lipinski definition) is 1. The van der Waals surface area contributed by atoms with Gasteiger partial charge in [0, 0.05) is 63.0 Å². The second kappa shape index (κ2) is 10.4. The van der Waals surface area contributed by atoms with E-state index in [0.29, 0.717) is 23.5 Å². The number of carbonyl (C=O) groups is 1. The Bertz CT molecular complexity index is 1310. The van der Waals surface area contributed by atoms with Gasteiger partial charge in [0.25, 0.3) is 5.91 Å². The van der Waals surface area contributed by atoms with Crippen molar-refractivity contribution in [3.05, 3.63) is 76.1 Å². The van der Waals surface area contributed by atoms with Crippen molar-refractivity contribution < 1.29 is 9.18 Å². The van der Waals surface area contributed by atoms with E-state index in [1.54, 1.807) is 17.7 Å². The first kappa shape index (κ1) is 26.4. The van der Waals surface area contributed by atoms with E-state index < -0.39 is 0 Å². The van der Waals surface area contributed by atoms with Gasteiger partial charge in [0.15, 0.2) is 0 Å². The summed E-state index contributed by atoms with van der Waals surface area (Å²) in [5.74, 6) is 0.0539. The van der Waals surface area contributed by atoms with Gasteiger partial charge in [-0.05, 0) is 90.9 Å². The first-order chi connectivity index (χ1) is 19.3. The molecule has 0 saturated carbocycles. The van der Waals surface area contributed by atoms with E-state index in [2.05, 4.69) is 52.1 Å². The summed E-state index contributed by atoms with van der Waals surface area (Å²) in [5, 5.41) is 3.46. The summed E-state index contributed by atoms with van der Waals surface area (Å²) in [7, 11) is 0. The van der Waals surface area contributed by atoms with E-state index in [9.17, 15) is 9.18 Å². The molecule has 6 heteroatoms. The monoisotopic (exact) mass is 542 g/mol. The summed E-state index contributed by atoms with van der Waals surface area (Å²) >= 11 is 0. The zero-order chi connectivity index (χ0) is 27.4. The Morgan fingerprint density at radius 3 is 2.50 bits per heavy atom. The van der Waals surface area contributed by atoms with Crippen molar-refractivity contribution in [1.82, 2.24) is 20.0 Å². The molecular formula is C34H43FN4O. The number of piperidine rings is 1. The maximum atomic E-state index is 13.7. The minimum atomic E-state index is -0.160. The number of likely N-dealkylation sites (tertiary alicyclic amines) is 2. The second-order valence-corrected chi connectivity index (χ2v) is 13.8. The number of benzene rings is 2. The van der Waals surface area contributed by atoms with Crippen molar-refractivity contribution in [1.29, 1.82) is 0 Å². The maximum Gasteiger partial charge on any atom is 0.254 e. The Morgan fingerprint density at radius 1 is 1.00 bits per heavy atom. The molecular weight excluding hydrogens is 499 g/mol. The Morgan fingerprint density at radius 2 is 1.77 bits per heavy atom. The predicted octanol–water partition coefficient (Wildman–Crippen LogP) is 5.46. The van der Waals surface area contributed by atoms with Gasteiger partial charge in [0.2, 0.25) is 0 Å². The van der Waals surface area contributed by atoms with Gasteiger partial charge in [-0.2, -0.15) is 0 Å². The van der Waals surface area contributed by atoms with Gasteiger partial charge in [-0.1, -0.05) is 43.7 Å². The number of rotatable bonds is 6. The number of fused-ring (bicyclic) bond motifs is 3. The molecule has 0 aromatic heterocycles. The van der Waals surface area contributed by atoms with E-state index >= 15 is 0 Å². The number of allylic oxidation sites excluding steroid dienone is 1. The fourth-order valence-corrected chi connectivity index (χ4v) is 8.05. The van der Waals surface area contributed by atoms with E-state index in [1.165, 1.54) is 35.1 Å². The van der Waals surface area contributed by atoms with E-state index in [4.69, 9.17) is 0 Å². The summed E-state index contributed by atoms with van der Waals surface area (Å²) in [4.78, 5) is 20.6. The molecule has 3 atom stereocenters. The smallest absolute Gasteiger partial charge is 0.254 e. The quantitative estimate of drug-likeness (QED) is 0.527. The van der Waals surface area contributed by atoms with Gasteiger partial charge in [-0.15, -0.1) is 0 Å². The molecule has 4 heterocycles. The lowest BCUT2D eigenvalue weighted by Gasteiger charge is -2.38. The fraction of sp³-hybridized carbons (Fsp3) is 0.559. The van der Waals surface area contributed by atoms with Gasteiger partial charge < -0.3 is 10.2 Å². The van der Waals surface area contributed by atoms with Gasteiger partial charge in [0.05, 0.1) is 0 Å². The van der Waals surface area contributed by atoms with Gasteiger partial charge in [-0.25, -0.2) is 4.39 Å². The van der Waals surface area contributed by atoms with Crippen LogP contribution in [-0.2, 0) is 13.1 Å². The van der Waals surface area contributed by atoms with Crippen LogP contribution in [0.2, 0.25) is 0 Å². The third-order valence-corrected chi connectivity index (χ3v) is 10.3. The number of hydrogen-bond acceptors (Lipinski definition) is 4. The zero-order valence-electron chi connectivity index (χ0n) is 24.1. The molecule has 4 aliphatic heterocycles. The molecule has 3 saturated heterocycles. The second-order valence-electron chi connectivity index (χ2n) is 13.8. The topological polar surface area (TPSA) is 38.8 Å². The predicted molar refractivity (Wildman–Crippen MR) is 157 cm³/mol. The molecule has 40 heavy (non-hydrogen) atoms. The van der Waals surface area contributed by atoms with Crippen LogP contribution in [0.4, 0.5) is 4.39 Å². The number of amides is 1. The highest BCUT2D eigenvalue weighted by Crippen LogP contribution is 2.44. The number of halogens is 1. The summed E-state index contributed by atoms with van der Waals surface area (Å²) in [6.45, 7) is 11.7. The number of nitrogens with zero attached hydrogens (tertiary/aromatic N) is 3. The highest BCUT2D eigenvalue weighted by atomic mass is 19.1. The van der Waals surface area contributed by atoms with Crippen molar-refractivity contribution in [2.24, 2.45) is 5.41 Å². The van der Waals surface area contributed by atoms with Crippen LogP contribution in [0.15, 0.2) is 48.0 Å². The molecule has 2 aromatic carbocycles. The van der Waals surface area contributed by atoms with Crippen LogP contribution in [0.5, 0.6) is 0 Å². The largest absolute Gasteiger partial charge is 0.330 e. The van der Waals surface area contributed by atoms with Gasteiger partial charge in [0.1, 0.15) is 5.82 Å². The Hall–Kier alpha value is -2.54. The molecule has 0 radical (unpaired) electrons. The first-order valence-corrected chi connectivity index (χ1v) is 15.4. The molecule has 0 spiro atoms.